The van der Waals surface area contributed by atoms with E-state index in [1.807, 2.05) is 18.2 Å². The minimum Gasteiger partial charge on any atom is -0.394 e. The summed E-state index contributed by atoms with van der Waals surface area (Å²) in [6, 6.07) is 9.08. The Morgan fingerprint density at radius 1 is 1.08 bits per heavy atom. The first kappa shape index (κ1) is 10.2. The molecule has 1 rings (SSSR count). The molecular weight excluding hydrogens is 168 g/mol. The van der Waals surface area contributed by atoms with Crippen LogP contribution in [-0.4, -0.2) is 28.0 Å². The van der Waals surface area contributed by atoms with Gasteiger partial charge in [0.05, 0.1) is 18.8 Å². The van der Waals surface area contributed by atoms with Gasteiger partial charge in [0.25, 0.3) is 0 Å². The lowest BCUT2D eigenvalue weighted by atomic mass is 10.0. The molecule has 1 aromatic carbocycles. The zero-order valence-corrected chi connectivity index (χ0v) is 7.30. The first-order valence-electron chi connectivity index (χ1n) is 4.26. The van der Waals surface area contributed by atoms with Gasteiger partial charge in [0.15, 0.2) is 0 Å². The quantitative estimate of drug-likeness (QED) is 0.634. The van der Waals surface area contributed by atoms with Crippen LogP contribution in [0.1, 0.15) is 18.1 Å². The van der Waals surface area contributed by atoms with Crippen molar-refractivity contribution in [1.29, 1.82) is 0 Å². The second kappa shape index (κ2) is 4.97. The summed E-state index contributed by atoms with van der Waals surface area (Å²) in [5.74, 6) is 0. The Hall–Kier alpha value is -0.900. The molecule has 0 saturated heterocycles. The van der Waals surface area contributed by atoms with Crippen LogP contribution in [0.2, 0.25) is 0 Å². The van der Waals surface area contributed by atoms with Gasteiger partial charge in [0.1, 0.15) is 0 Å². The third-order valence-electron chi connectivity index (χ3n) is 1.89. The van der Waals surface area contributed by atoms with E-state index in [0.29, 0.717) is 0 Å². The van der Waals surface area contributed by atoms with Crippen molar-refractivity contribution >= 4 is 0 Å². The van der Waals surface area contributed by atoms with Gasteiger partial charge in [-0.15, -0.1) is 0 Å². The van der Waals surface area contributed by atoms with E-state index in [9.17, 15) is 5.11 Å². The van der Waals surface area contributed by atoms with E-state index in [4.69, 9.17) is 10.2 Å². The normalized spacial score (nSPS) is 15.3. The molecule has 0 spiro atoms. The van der Waals surface area contributed by atoms with Crippen molar-refractivity contribution in [2.45, 2.75) is 18.6 Å². The predicted molar refractivity (Wildman–Crippen MR) is 49.1 cm³/mol. The fourth-order valence-electron chi connectivity index (χ4n) is 1.14. The maximum Gasteiger partial charge on any atom is 0.0815 e. The van der Waals surface area contributed by atoms with Gasteiger partial charge in [-0.05, 0) is 5.56 Å². The van der Waals surface area contributed by atoms with Crippen LogP contribution in [0.15, 0.2) is 30.3 Å². The Kier molecular flexibility index (Phi) is 3.89. The lowest BCUT2D eigenvalue weighted by Crippen LogP contribution is -2.16. The Balaban J connectivity index is 2.53. The van der Waals surface area contributed by atoms with Gasteiger partial charge >= 0.3 is 0 Å². The van der Waals surface area contributed by atoms with Gasteiger partial charge in [-0.2, -0.15) is 0 Å². The molecule has 0 aliphatic rings. The Bertz CT molecular complexity index is 235. The lowest BCUT2D eigenvalue weighted by Gasteiger charge is -2.13. The standard InChI is InChI=1S/C10H14O3/c11-7-9(12)6-10(13)8-4-2-1-3-5-8/h1-5,9-13H,6-7H2/t9-,10-/m1/s1. The first-order chi connectivity index (χ1) is 6.24. The molecule has 0 radical (unpaired) electrons. The number of hydrogen-bond donors (Lipinski definition) is 3. The summed E-state index contributed by atoms with van der Waals surface area (Å²) >= 11 is 0. The highest BCUT2D eigenvalue weighted by atomic mass is 16.3. The van der Waals surface area contributed by atoms with Crippen LogP contribution in [-0.2, 0) is 0 Å². The fraction of sp³-hybridized carbons (Fsp3) is 0.400. The molecule has 0 amide bonds. The largest absolute Gasteiger partial charge is 0.394 e. The summed E-state index contributed by atoms with van der Waals surface area (Å²) in [6.07, 6.45) is -1.39. The Morgan fingerprint density at radius 2 is 1.69 bits per heavy atom. The third kappa shape index (κ3) is 3.14. The van der Waals surface area contributed by atoms with Crippen LogP contribution in [0.4, 0.5) is 0 Å². The van der Waals surface area contributed by atoms with Crippen LogP contribution in [0.3, 0.4) is 0 Å². The number of rotatable bonds is 4. The van der Waals surface area contributed by atoms with Crippen LogP contribution < -0.4 is 0 Å². The van der Waals surface area contributed by atoms with E-state index >= 15 is 0 Å². The van der Waals surface area contributed by atoms with Gasteiger partial charge in [0, 0.05) is 6.42 Å². The molecule has 72 valence electrons. The summed E-state index contributed by atoms with van der Waals surface area (Å²) in [4.78, 5) is 0. The minimum absolute atomic E-state index is 0.167. The lowest BCUT2D eigenvalue weighted by molar-refractivity contribution is 0.0413. The summed E-state index contributed by atoms with van der Waals surface area (Å²) in [5, 5.41) is 27.2. The van der Waals surface area contributed by atoms with Crippen molar-refractivity contribution in [3.8, 4) is 0 Å². The van der Waals surface area contributed by atoms with Crippen molar-refractivity contribution in [2.24, 2.45) is 0 Å². The molecule has 3 N–H and O–H groups in total. The molecule has 2 atom stereocenters. The van der Waals surface area contributed by atoms with E-state index in [1.165, 1.54) is 0 Å². The molecule has 13 heavy (non-hydrogen) atoms. The SMILES string of the molecule is OC[C@H](O)C[C@@H](O)c1ccccc1. The second-order valence-electron chi connectivity index (χ2n) is 3.00. The average molecular weight is 182 g/mol. The number of benzene rings is 1. The maximum atomic E-state index is 9.55. The molecule has 0 bridgehead atoms. The molecule has 0 aromatic heterocycles. The van der Waals surface area contributed by atoms with Crippen LogP contribution in [0, 0.1) is 0 Å². The van der Waals surface area contributed by atoms with Gasteiger partial charge in [-0.1, -0.05) is 30.3 Å². The van der Waals surface area contributed by atoms with Crippen LogP contribution in [0.25, 0.3) is 0 Å². The smallest absolute Gasteiger partial charge is 0.0815 e. The molecule has 0 saturated carbocycles. The predicted octanol–water partition coefficient (Wildman–Crippen LogP) is 0.463. The van der Waals surface area contributed by atoms with Crippen LogP contribution >= 0.6 is 0 Å². The van der Waals surface area contributed by atoms with Crippen molar-refractivity contribution in [1.82, 2.24) is 0 Å². The Labute approximate surface area is 77.3 Å². The molecule has 3 nitrogen and oxygen atoms in total. The first-order valence-corrected chi connectivity index (χ1v) is 4.26. The zero-order chi connectivity index (χ0) is 9.68. The van der Waals surface area contributed by atoms with Crippen molar-refractivity contribution in [2.75, 3.05) is 6.61 Å². The molecule has 1 aromatic rings. The van der Waals surface area contributed by atoms with E-state index < -0.39 is 12.2 Å². The van der Waals surface area contributed by atoms with Crippen LogP contribution in [0.5, 0.6) is 0 Å². The topological polar surface area (TPSA) is 60.7 Å². The van der Waals surface area contributed by atoms with Gasteiger partial charge in [-0.25, -0.2) is 0 Å². The molecular formula is C10H14O3. The third-order valence-corrected chi connectivity index (χ3v) is 1.89. The maximum absolute atomic E-state index is 9.55. The zero-order valence-electron chi connectivity index (χ0n) is 7.30. The molecule has 0 fully saturated rings. The Morgan fingerprint density at radius 3 is 2.23 bits per heavy atom. The van der Waals surface area contributed by atoms with Gasteiger partial charge in [-0.3, -0.25) is 0 Å². The summed E-state index contributed by atoms with van der Waals surface area (Å²) in [6.45, 7) is -0.316. The van der Waals surface area contributed by atoms with E-state index in [0.717, 1.165) is 5.56 Å². The minimum atomic E-state index is -0.852. The number of hydrogen-bond acceptors (Lipinski definition) is 3. The highest BCUT2D eigenvalue weighted by Crippen LogP contribution is 2.17. The van der Waals surface area contributed by atoms with E-state index in [2.05, 4.69) is 0 Å². The molecule has 0 aliphatic carbocycles. The van der Waals surface area contributed by atoms with E-state index in [1.54, 1.807) is 12.1 Å². The summed E-state index contributed by atoms with van der Waals surface area (Å²) in [5.41, 5.74) is 0.759. The fourth-order valence-corrected chi connectivity index (χ4v) is 1.14. The molecule has 0 aliphatic heterocycles. The summed E-state index contributed by atoms with van der Waals surface area (Å²) in [7, 11) is 0. The van der Waals surface area contributed by atoms with Gasteiger partial charge in [0.2, 0.25) is 0 Å². The molecule has 3 heteroatoms. The highest BCUT2D eigenvalue weighted by Gasteiger charge is 2.12. The number of aliphatic hydroxyl groups excluding tert-OH is 3. The van der Waals surface area contributed by atoms with Crippen molar-refractivity contribution in [3.05, 3.63) is 35.9 Å². The molecule has 0 heterocycles. The monoisotopic (exact) mass is 182 g/mol. The summed E-state index contributed by atoms with van der Waals surface area (Å²) < 4.78 is 0. The molecule has 0 unspecified atom stereocenters. The van der Waals surface area contributed by atoms with Crippen molar-refractivity contribution in [3.63, 3.8) is 0 Å². The van der Waals surface area contributed by atoms with E-state index in [-0.39, 0.29) is 13.0 Å². The second-order valence-corrected chi connectivity index (χ2v) is 3.00. The highest BCUT2D eigenvalue weighted by molar-refractivity contribution is 5.17. The van der Waals surface area contributed by atoms with Crippen molar-refractivity contribution < 1.29 is 15.3 Å². The number of aliphatic hydroxyl groups is 3. The van der Waals surface area contributed by atoms with Gasteiger partial charge < -0.3 is 15.3 Å². The average Bonchev–Trinajstić information content (AvgIpc) is 2.19.